The summed E-state index contributed by atoms with van der Waals surface area (Å²) in [7, 11) is 0. The fourth-order valence-electron chi connectivity index (χ4n) is 4.18. The first-order chi connectivity index (χ1) is 13.0. The lowest BCUT2D eigenvalue weighted by molar-refractivity contribution is 0.407. The van der Waals surface area contributed by atoms with Gasteiger partial charge in [-0.2, -0.15) is 0 Å². The third kappa shape index (κ3) is 4.65. The summed E-state index contributed by atoms with van der Waals surface area (Å²) in [6, 6.07) is 14.6. The van der Waals surface area contributed by atoms with Crippen LogP contribution in [0.15, 0.2) is 60.7 Å². The van der Waals surface area contributed by atoms with E-state index in [1.165, 1.54) is 41.5 Å². The first-order valence-electron chi connectivity index (χ1n) is 9.94. The lowest BCUT2D eigenvalue weighted by Gasteiger charge is -2.31. The first kappa shape index (κ1) is 19.8. The Hall–Kier alpha value is -1.99. The largest absolute Gasteiger partial charge is 0.381 e. The Morgan fingerprint density at radius 1 is 1.19 bits per heavy atom. The number of halogens is 1. The Bertz CT molecular complexity index is 835. The Kier molecular flexibility index (Phi) is 6.44. The van der Waals surface area contributed by atoms with Crippen LogP contribution in [0, 0.1) is 12.8 Å². The summed E-state index contributed by atoms with van der Waals surface area (Å²) in [5.74, 6) is 1.13. The maximum atomic E-state index is 6.54. The van der Waals surface area contributed by atoms with Crippen molar-refractivity contribution in [3.63, 3.8) is 0 Å². The molecule has 0 spiro atoms. The number of benzene rings is 2. The van der Waals surface area contributed by atoms with Gasteiger partial charge in [-0.3, -0.25) is 0 Å². The van der Waals surface area contributed by atoms with Gasteiger partial charge in [-0.15, -0.1) is 0 Å². The molecule has 0 heterocycles. The maximum absolute atomic E-state index is 6.54. The van der Waals surface area contributed by atoms with Crippen molar-refractivity contribution in [3.05, 3.63) is 88.0 Å². The van der Waals surface area contributed by atoms with Gasteiger partial charge >= 0.3 is 0 Å². The van der Waals surface area contributed by atoms with Gasteiger partial charge < -0.3 is 5.32 Å². The molecular formula is C25H30ClN. The topological polar surface area (TPSA) is 12.0 Å². The van der Waals surface area contributed by atoms with E-state index in [1.807, 2.05) is 12.1 Å². The van der Waals surface area contributed by atoms with E-state index in [0.717, 1.165) is 22.8 Å². The quantitative estimate of drug-likeness (QED) is 0.520. The van der Waals surface area contributed by atoms with Crippen LogP contribution in [-0.4, -0.2) is 0 Å². The summed E-state index contributed by atoms with van der Waals surface area (Å²) in [6.07, 6.45) is 6.13. The molecule has 1 aliphatic rings. The molecule has 0 bridgehead atoms. The Balaban J connectivity index is 1.89. The molecule has 2 heteroatoms. The van der Waals surface area contributed by atoms with Crippen LogP contribution in [0.2, 0.25) is 5.02 Å². The zero-order valence-electron chi connectivity index (χ0n) is 16.7. The second-order valence-corrected chi connectivity index (χ2v) is 8.17. The summed E-state index contributed by atoms with van der Waals surface area (Å²) in [5.41, 5.74) is 7.44. The third-order valence-electron chi connectivity index (χ3n) is 5.85. The lowest BCUT2D eigenvalue weighted by atomic mass is 9.74. The van der Waals surface area contributed by atoms with Crippen molar-refractivity contribution < 1.29 is 0 Å². The summed E-state index contributed by atoms with van der Waals surface area (Å²) >= 11 is 6.54. The van der Waals surface area contributed by atoms with Crippen molar-refractivity contribution in [1.29, 1.82) is 0 Å². The standard InChI is InChI=1S/C25H30ClN/c1-5-21-12-11-17(2)13-25(21)24-15-22(26)14-23(18(24)3)19(4)27-16-20-9-7-6-8-10-20/h6-10,13-15,21,25,27H,4-5,11-12,16H2,1-3H3. The molecule has 0 radical (unpaired) electrons. The number of nitrogens with one attached hydrogen (secondary N) is 1. The summed E-state index contributed by atoms with van der Waals surface area (Å²) in [4.78, 5) is 0. The van der Waals surface area contributed by atoms with E-state index >= 15 is 0 Å². The average Bonchev–Trinajstić information content (AvgIpc) is 2.68. The van der Waals surface area contributed by atoms with Gasteiger partial charge in [-0.25, -0.2) is 0 Å². The molecule has 2 aromatic rings. The van der Waals surface area contributed by atoms with Crippen LogP contribution in [0.4, 0.5) is 0 Å². The minimum Gasteiger partial charge on any atom is -0.381 e. The normalized spacial score (nSPS) is 19.5. The van der Waals surface area contributed by atoms with Crippen LogP contribution in [0.5, 0.6) is 0 Å². The van der Waals surface area contributed by atoms with Gasteiger partial charge in [0.25, 0.3) is 0 Å². The molecule has 142 valence electrons. The molecule has 0 amide bonds. The van der Waals surface area contributed by atoms with E-state index in [1.54, 1.807) is 0 Å². The van der Waals surface area contributed by atoms with E-state index in [4.69, 9.17) is 11.6 Å². The van der Waals surface area contributed by atoms with Crippen molar-refractivity contribution in [1.82, 2.24) is 5.32 Å². The Morgan fingerprint density at radius 3 is 2.63 bits per heavy atom. The summed E-state index contributed by atoms with van der Waals surface area (Å²) in [5, 5.41) is 4.27. The van der Waals surface area contributed by atoms with E-state index in [0.29, 0.717) is 11.8 Å². The number of allylic oxidation sites excluding steroid dienone is 2. The molecule has 1 N–H and O–H groups in total. The van der Waals surface area contributed by atoms with Gasteiger partial charge in [0.1, 0.15) is 0 Å². The van der Waals surface area contributed by atoms with E-state index in [2.05, 4.69) is 69.1 Å². The molecule has 3 rings (SSSR count). The molecule has 0 fully saturated rings. The van der Waals surface area contributed by atoms with E-state index in [-0.39, 0.29) is 0 Å². The highest BCUT2D eigenvalue weighted by Gasteiger charge is 2.26. The van der Waals surface area contributed by atoms with Crippen molar-refractivity contribution in [2.24, 2.45) is 5.92 Å². The number of rotatable bonds is 6. The smallest absolute Gasteiger partial charge is 0.0415 e. The molecule has 1 nitrogen and oxygen atoms in total. The number of hydrogen-bond donors (Lipinski definition) is 1. The molecule has 0 aliphatic heterocycles. The van der Waals surface area contributed by atoms with Gasteiger partial charge in [0.2, 0.25) is 0 Å². The van der Waals surface area contributed by atoms with Crippen LogP contribution >= 0.6 is 11.6 Å². The van der Waals surface area contributed by atoms with Crippen molar-refractivity contribution in [2.75, 3.05) is 0 Å². The highest BCUT2D eigenvalue weighted by Crippen LogP contribution is 2.41. The van der Waals surface area contributed by atoms with Crippen molar-refractivity contribution in [2.45, 2.75) is 52.5 Å². The Labute approximate surface area is 169 Å². The SMILES string of the molecule is C=C(NCc1ccccc1)c1cc(Cl)cc(C2C=C(C)CCC2CC)c1C. The van der Waals surface area contributed by atoms with Gasteiger partial charge in [0.15, 0.2) is 0 Å². The lowest BCUT2D eigenvalue weighted by Crippen LogP contribution is -2.18. The maximum Gasteiger partial charge on any atom is 0.0415 e. The number of hydrogen-bond acceptors (Lipinski definition) is 1. The van der Waals surface area contributed by atoms with Crippen molar-refractivity contribution >= 4 is 17.3 Å². The molecule has 2 aromatic carbocycles. The predicted octanol–water partition coefficient (Wildman–Crippen LogP) is 7.26. The van der Waals surface area contributed by atoms with Crippen LogP contribution in [0.25, 0.3) is 5.70 Å². The minimum absolute atomic E-state index is 0.447. The molecule has 2 unspecified atom stereocenters. The van der Waals surface area contributed by atoms with Crippen molar-refractivity contribution in [3.8, 4) is 0 Å². The first-order valence-corrected chi connectivity index (χ1v) is 10.3. The monoisotopic (exact) mass is 379 g/mol. The fourth-order valence-corrected chi connectivity index (χ4v) is 4.41. The summed E-state index contributed by atoms with van der Waals surface area (Å²) < 4.78 is 0. The van der Waals surface area contributed by atoms with E-state index in [9.17, 15) is 0 Å². The van der Waals surface area contributed by atoms with Crippen LogP contribution in [0.1, 0.15) is 61.3 Å². The Morgan fingerprint density at radius 2 is 1.93 bits per heavy atom. The highest BCUT2D eigenvalue weighted by atomic mass is 35.5. The molecule has 27 heavy (non-hydrogen) atoms. The molecule has 2 atom stereocenters. The van der Waals surface area contributed by atoms with E-state index < -0.39 is 0 Å². The molecular weight excluding hydrogens is 350 g/mol. The third-order valence-corrected chi connectivity index (χ3v) is 6.07. The van der Waals surface area contributed by atoms with Gasteiger partial charge in [-0.05, 0) is 61.4 Å². The van der Waals surface area contributed by atoms with Gasteiger partial charge in [0.05, 0.1) is 0 Å². The molecule has 0 saturated heterocycles. The average molecular weight is 380 g/mol. The fraction of sp³-hybridized carbons (Fsp3) is 0.360. The summed E-state index contributed by atoms with van der Waals surface area (Å²) in [6.45, 7) is 11.8. The minimum atomic E-state index is 0.447. The van der Waals surface area contributed by atoms with Crippen LogP contribution < -0.4 is 5.32 Å². The van der Waals surface area contributed by atoms with Gasteiger partial charge in [-0.1, -0.05) is 73.5 Å². The molecule has 0 aromatic heterocycles. The zero-order chi connectivity index (χ0) is 19.4. The molecule has 1 aliphatic carbocycles. The molecule has 0 saturated carbocycles. The second kappa shape index (κ2) is 8.80. The van der Waals surface area contributed by atoms with Crippen LogP contribution in [-0.2, 0) is 6.54 Å². The predicted molar refractivity (Wildman–Crippen MR) is 118 cm³/mol. The zero-order valence-corrected chi connectivity index (χ0v) is 17.4. The highest BCUT2D eigenvalue weighted by molar-refractivity contribution is 6.30. The van der Waals surface area contributed by atoms with Gasteiger partial charge in [0, 0.05) is 28.7 Å². The van der Waals surface area contributed by atoms with Crippen LogP contribution in [0.3, 0.4) is 0 Å². The second-order valence-electron chi connectivity index (χ2n) is 7.73.